The highest BCUT2D eigenvalue weighted by molar-refractivity contribution is 6.00. The van der Waals surface area contributed by atoms with E-state index in [4.69, 9.17) is 4.74 Å². The largest absolute Gasteiger partial charge is 0.389 e. The van der Waals surface area contributed by atoms with E-state index in [0.29, 0.717) is 25.0 Å². The molecule has 1 aliphatic heterocycles. The van der Waals surface area contributed by atoms with Gasteiger partial charge in [-0.1, -0.05) is 11.6 Å². The number of carbonyl (C=O) groups is 1. The van der Waals surface area contributed by atoms with Crippen molar-refractivity contribution in [3.8, 4) is 0 Å². The zero-order valence-electron chi connectivity index (χ0n) is 11.9. The molecule has 0 aromatic carbocycles. The molecule has 5 nitrogen and oxygen atoms in total. The molecule has 112 valence electrons. The van der Waals surface area contributed by atoms with Crippen molar-refractivity contribution in [2.75, 3.05) is 13.2 Å². The van der Waals surface area contributed by atoms with E-state index >= 15 is 0 Å². The average Bonchev–Trinajstić information content (AvgIpc) is 2.58. The Hall–Kier alpha value is -1.01. The van der Waals surface area contributed by atoms with Crippen molar-refractivity contribution < 1.29 is 24.9 Å². The van der Waals surface area contributed by atoms with Gasteiger partial charge in [-0.05, 0) is 25.8 Å². The lowest BCUT2D eigenvalue weighted by atomic mass is 9.75. The van der Waals surface area contributed by atoms with Crippen LogP contribution in [0.5, 0.6) is 0 Å². The molecule has 0 bridgehead atoms. The van der Waals surface area contributed by atoms with Gasteiger partial charge in [0, 0.05) is 18.6 Å². The quantitative estimate of drug-likeness (QED) is 0.636. The van der Waals surface area contributed by atoms with E-state index in [0.717, 1.165) is 5.57 Å². The molecule has 2 aliphatic rings. The smallest absolute Gasteiger partial charge is 0.167 e. The van der Waals surface area contributed by atoms with E-state index in [1.165, 1.54) is 0 Å². The van der Waals surface area contributed by atoms with Crippen molar-refractivity contribution in [2.24, 2.45) is 5.92 Å². The first-order valence-corrected chi connectivity index (χ1v) is 6.96. The first-order valence-electron chi connectivity index (χ1n) is 6.96. The Labute approximate surface area is 118 Å². The summed E-state index contributed by atoms with van der Waals surface area (Å²) in [5.41, 5.74) is 1.62. The number of carbonyl (C=O) groups excluding carboxylic acids is 1. The van der Waals surface area contributed by atoms with Crippen LogP contribution < -0.4 is 0 Å². The Morgan fingerprint density at radius 1 is 1.35 bits per heavy atom. The summed E-state index contributed by atoms with van der Waals surface area (Å²) in [6.07, 6.45) is -0.649. The van der Waals surface area contributed by atoms with Gasteiger partial charge < -0.3 is 20.1 Å². The van der Waals surface area contributed by atoms with E-state index in [9.17, 15) is 20.1 Å². The standard InChI is InChI=1S/C15H22O5/c1-8(2)3-4-9-13(17)12-10(15(19)14(9)18)7-20-6-5-11(12)16/h3,9,11,14-16,18-19H,4-7H2,1-2H3/t9-,11+,14-,15+/m0/s1. The maximum Gasteiger partial charge on any atom is 0.167 e. The lowest BCUT2D eigenvalue weighted by Crippen LogP contribution is -2.47. The molecule has 3 N–H and O–H groups in total. The molecule has 1 heterocycles. The van der Waals surface area contributed by atoms with Crippen molar-refractivity contribution in [3.63, 3.8) is 0 Å². The Morgan fingerprint density at radius 3 is 2.70 bits per heavy atom. The molecular weight excluding hydrogens is 260 g/mol. The summed E-state index contributed by atoms with van der Waals surface area (Å²) in [4.78, 5) is 12.5. The molecule has 0 saturated heterocycles. The lowest BCUT2D eigenvalue weighted by molar-refractivity contribution is -0.128. The van der Waals surface area contributed by atoms with Crippen LogP contribution in [0.25, 0.3) is 0 Å². The van der Waals surface area contributed by atoms with Crippen molar-refractivity contribution >= 4 is 5.78 Å². The van der Waals surface area contributed by atoms with Gasteiger partial charge in [0.15, 0.2) is 5.78 Å². The van der Waals surface area contributed by atoms with Gasteiger partial charge in [-0.3, -0.25) is 4.79 Å². The summed E-state index contributed by atoms with van der Waals surface area (Å²) >= 11 is 0. The van der Waals surface area contributed by atoms with Gasteiger partial charge in [0.2, 0.25) is 0 Å². The lowest BCUT2D eigenvalue weighted by Gasteiger charge is -2.34. The number of ketones is 1. The van der Waals surface area contributed by atoms with Crippen molar-refractivity contribution in [2.45, 2.75) is 45.0 Å². The Kier molecular flexibility index (Phi) is 4.75. The van der Waals surface area contributed by atoms with E-state index in [-0.39, 0.29) is 18.0 Å². The summed E-state index contributed by atoms with van der Waals surface area (Å²) in [6.45, 7) is 4.25. The summed E-state index contributed by atoms with van der Waals surface area (Å²) in [7, 11) is 0. The van der Waals surface area contributed by atoms with E-state index < -0.39 is 24.2 Å². The average molecular weight is 282 g/mol. The number of aliphatic hydroxyl groups excluding tert-OH is 3. The van der Waals surface area contributed by atoms with Gasteiger partial charge in [-0.2, -0.15) is 0 Å². The maximum atomic E-state index is 12.5. The molecule has 4 atom stereocenters. The SMILES string of the molecule is CC(C)=CC[C@H]1C(=O)C2=C(COCC[C@H]2O)[C@@H](O)[C@H]1O. The second-order valence-electron chi connectivity index (χ2n) is 5.72. The van der Waals surface area contributed by atoms with Gasteiger partial charge in [0.05, 0.1) is 24.7 Å². The minimum Gasteiger partial charge on any atom is -0.389 e. The third kappa shape index (κ3) is 2.86. The highest BCUT2D eigenvalue weighted by Crippen LogP contribution is 2.34. The first kappa shape index (κ1) is 15.4. The van der Waals surface area contributed by atoms with Crippen LogP contribution >= 0.6 is 0 Å². The van der Waals surface area contributed by atoms with Crippen molar-refractivity contribution in [3.05, 3.63) is 22.8 Å². The fourth-order valence-electron chi connectivity index (χ4n) is 2.77. The molecule has 0 fully saturated rings. The minimum atomic E-state index is -1.15. The molecule has 0 saturated carbocycles. The molecule has 5 heteroatoms. The summed E-state index contributed by atoms with van der Waals surface area (Å²) in [5.74, 6) is -0.973. The summed E-state index contributed by atoms with van der Waals surface area (Å²) in [5, 5.41) is 30.5. The van der Waals surface area contributed by atoms with Crippen LogP contribution in [-0.4, -0.2) is 52.6 Å². The van der Waals surface area contributed by atoms with Gasteiger partial charge in [0.1, 0.15) is 6.10 Å². The fourth-order valence-corrected chi connectivity index (χ4v) is 2.77. The normalized spacial score (nSPS) is 34.5. The second-order valence-corrected chi connectivity index (χ2v) is 5.72. The molecule has 0 spiro atoms. The maximum absolute atomic E-state index is 12.5. The Bertz CT molecular complexity index is 447. The number of aliphatic hydroxyl groups is 3. The molecule has 0 aromatic rings. The van der Waals surface area contributed by atoms with Crippen LogP contribution in [0.15, 0.2) is 22.8 Å². The zero-order valence-corrected chi connectivity index (χ0v) is 11.9. The van der Waals surface area contributed by atoms with Crippen LogP contribution in [0.1, 0.15) is 26.7 Å². The van der Waals surface area contributed by atoms with Crippen molar-refractivity contribution in [1.82, 2.24) is 0 Å². The van der Waals surface area contributed by atoms with Gasteiger partial charge >= 0.3 is 0 Å². The van der Waals surface area contributed by atoms with Gasteiger partial charge in [-0.15, -0.1) is 0 Å². The molecule has 0 unspecified atom stereocenters. The van der Waals surface area contributed by atoms with Crippen LogP contribution in [0.4, 0.5) is 0 Å². The monoisotopic (exact) mass is 282 g/mol. The second kappa shape index (κ2) is 6.18. The zero-order chi connectivity index (χ0) is 14.9. The van der Waals surface area contributed by atoms with Crippen LogP contribution in [-0.2, 0) is 9.53 Å². The Balaban J connectivity index is 2.35. The molecule has 1 aliphatic carbocycles. The minimum absolute atomic E-state index is 0.0890. The first-order chi connectivity index (χ1) is 9.43. The number of hydrogen-bond donors (Lipinski definition) is 3. The molecule has 0 radical (unpaired) electrons. The van der Waals surface area contributed by atoms with Crippen LogP contribution in [0, 0.1) is 5.92 Å². The topological polar surface area (TPSA) is 87.0 Å². The molecule has 2 rings (SSSR count). The highest BCUT2D eigenvalue weighted by Gasteiger charge is 2.44. The molecule has 0 aromatic heterocycles. The third-order valence-electron chi connectivity index (χ3n) is 3.95. The predicted octanol–water partition coefficient (Wildman–Crippen LogP) is 0.341. The van der Waals surface area contributed by atoms with E-state index in [2.05, 4.69) is 0 Å². The predicted molar refractivity (Wildman–Crippen MR) is 73.0 cm³/mol. The van der Waals surface area contributed by atoms with Gasteiger partial charge in [0.25, 0.3) is 0 Å². The number of rotatable bonds is 2. The van der Waals surface area contributed by atoms with Crippen LogP contribution in [0.2, 0.25) is 0 Å². The number of hydrogen-bond acceptors (Lipinski definition) is 5. The van der Waals surface area contributed by atoms with Crippen LogP contribution in [0.3, 0.4) is 0 Å². The number of ether oxygens (including phenoxy) is 1. The van der Waals surface area contributed by atoms with E-state index in [1.807, 2.05) is 19.9 Å². The van der Waals surface area contributed by atoms with Crippen molar-refractivity contribution in [1.29, 1.82) is 0 Å². The fraction of sp³-hybridized carbons (Fsp3) is 0.667. The number of allylic oxidation sites excluding steroid dienone is 2. The summed E-state index contributed by atoms with van der Waals surface area (Å²) < 4.78 is 5.28. The Morgan fingerprint density at radius 2 is 2.05 bits per heavy atom. The molecular formula is C15H22O5. The molecule has 20 heavy (non-hydrogen) atoms. The molecule has 0 amide bonds. The van der Waals surface area contributed by atoms with Gasteiger partial charge in [-0.25, -0.2) is 0 Å². The highest BCUT2D eigenvalue weighted by atomic mass is 16.5. The van der Waals surface area contributed by atoms with E-state index in [1.54, 1.807) is 0 Å². The number of Topliss-reactive ketones (excluding diaryl/α,β-unsaturated/α-hetero) is 1. The summed E-state index contributed by atoms with van der Waals surface area (Å²) in [6, 6.07) is 0. The third-order valence-corrected chi connectivity index (χ3v) is 3.95.